The van der Waals surface area contributed by atoms with Crippen molar-refractivity contribution in [2.75, 3.05) is 13.1 Å². The quantitative estimate of drug-likeness (QED) is 0.880. The number of halogens is 2. The summed E-state index contributed by atoms with van der Waals surface area (Å²) >= 11 is 5.87. The van der Waals surface area contributed by atoms with Gasteiger partial charge in [-0.3, -0.25) is 4.79 Å². The van der Waals surface area contributed by atoms with Crippen LogP contribution in [0.1, 0.15) is 23.2 Å². The van der Waals surface area contributed by atoms with E-state index >= 15 is 0 Å². The number of nitrogens with zero attached hydrogens (tertiary/aromatic N) is 1. The minimum absolute atomic E-state index is 0.0728. The van der Waals surface area contributed by atoms with Crippen molar-refractivity contribution in [1.82, 2.24) is 4.90 Å². The largest absolute Gasteiger partial charge is 0.334 e. The Balaban J connectivity index is 2.24. The maximum Gasteiger partial charge on any atom is 0.255 e. The van der Waals surface area contributed by atoms with E-state index in [9.17, 15) is 9.18 Å². The summed E-state index contributed by atoms with van der Waals surface area (Å²) in [5, 5.41) is 0.151. The Morgan fingerprint density at radius 3 is 3.00 bits per heavy atom. The molecule has 0 bridgehead atoms. The Labute approximate surface area is 104 Å². The van der Waals surface area contributed by atoms with E-state index in [4.69, 9.17) is 17.3 Å². The maximum absolute atomic E-state index is 12.9. The van der Waals surface area contributed by atoms with Crippen LogP contribution in [0.25, 0.3) is 0 Å². The molecule has 3 nitrogen and oxygen atoms in total. The molecule has 2 rings (SSSR count). The molecule has 0 saturated carbocycles. The molecular formula is C12H14ClFN2O. The summed E-state index contributed by atoms with van der Waals surface area (Å²) < 4.78 is 12.9. The van der Waals surface area contributed by atoms with Crippen LogP contribution in [0.3, 0.4) is 0 Å². The van der Waals surface area contributed by atoms with Crippen molar-refractivity contribution < 1.29 is 9.18 Å². The van der Waals surface area contributed by atoms with Gasteiger partial charge in [-0.1, -0.05) is 11.6 Å². The van der Waals surface area contributed by atoms with E-state index in [1.807, 2.05) is 0 Å². The van der Waals surface area contributed by atoms with Gasteiger partial charge in [0.15, 0.2) is 0 Å². The van der Waals surface area contributed by atoms with Crippen LogP contribution in [0.15, 0.2) is 18.2 Å². The van der Waals surface area contributed by atoms with Gasteiger partial charge in [0.2, 0.25) is 0 Å². The Hall–Kier alpha value is -1.13. The third-order valence-corrected chi connectivity index (χ3v) is 3.38. The van der Waals surface area contributed by atoms with Crippen LogP contribution in [-0.2, 0) is 0 Å². The molecule has 0 aromatic heterocycles. The van der Waals surface area contributed by atoms with Gasteiger partial charge in [-0.25, -0.2) is 4.39 Å². The third kappa shape index (κ3) is 2.42. The molecule has 0 aliphatic carbocycles. The van der Waals surface area contributed by atoms with E-state index in [0.717, 1.165) is 18.9 Å². The second-order valence-corrected chi connectivity index (χ2v) is 4.56. The van der Waals surface area contributed by atoms with Crippen LogP contribution in [0.4, 0.5) is 4.39 Å². The highest BCUT2D eigenvalue weighted by molar-refractivity contribution is 6.33. The van der Waals surface area contributed by atoms with Gasteiger partial charge in [-0.05, 0) is 31.0 Å². The summed E-state index contributed by atoms with van der Waals surface area (Å²) in [6.07, 6.45) is 1.87. The van der Waals surface area contributed by atoms with Crippen molar-refractivity contribution in [3.05, 3.63) is 34.6 Å². The summed E-state index contributed by atoms with van der Waals surface area (Å²) in [6, 6.07) is 3.89. The number of likely N-dealkylation sites (tertiary alicyclic amines) is 1. The van der Waals surface area contributed by atoms with Gasteiger partial charge >= 0.3 is 0 Å². The highest BCUT2D eigenvalue weighted by Gasteiger charge is 2.29. The third-order valence-electron chi connectivity index (χ3n) is 3.07. The van der Waals surface area contributed by atoms with Gasteiger partial charge in [-0.2, -0.15) is 0 Å². The van der Waals surface area contributed by atoms with Gasteiger partial charge < -0.3 is 10.6 Å². The lowest BCUT2D eigenvalue weighted by Gasteiger charge is -2.23. The number of amides is 1. The van der Waals surface area contributed by atoms with Crippen molar-refractivity contribution in [2.45, 2.75) is 18.9 Å². The van der Waals surface area contributed by atoms with Crippen LogP contribution >= 0.6 is 11.6 Å². The fourth-order valence-electron chi connectivity index (χ4n) is 2.17. The summed E-state index contributed by atoms with van der Waals surface area (Å²) in [5.41, 5.74) is 5.96. The van der Waals surface area contributed by atoms with Crippen LogP contribution in [0.2, 0.25) is 5.02 Å². The monoisotopic (exact) mass is 256 g/mol. The molecule has 1 aliphatic heterocycles. The van der Waals surface area contributed by atoms with Crippen molar-refractivity contribution in [3.8, 4) is 0 Å². The maximum atomic E-state index is 12.9. The van der Waals surface area contributed by atoms with Gasteiger partial charge in [0.25, 0.3) is 5.91 Å². The van der Waals surface area contributed by atoms with E-state index in [1.165, 1.54) is 12.1 Å². The van der Waals surface area contributed by atoms with Crippen molar-refractivity contribution in [1.29, 1.82) is 0 Å². The molecule has 1 aromatic carbocycles. The standard InChI is InChI=1S/C12H14ClFN2O/c13-11-6-8(14)3-4-10(11)12(17)16-5-1-2-9(16)7-15/h3-4,6,9H,1-2,5,7,15H2. The van der Waals surface area contributed by atoms with E-state index in [-0.39, 0.29) is 17.0 Å². The summed E-state index contributed by atoms with van der Waals surface area (Å²) in [4.78, 5) is 13.9. The Morgan fingerprint density at radius 2 is 2.35 bits per heavy atom. The first-order valence-electron chi connectivity index (χ1n) is 5.59. The van der Waals surface area contributed by atoms with Crippen LogP contribution in [0, 0.1) is 5.82 Å². The number of hydrogen-bond acceptors (Lipinski definition) is 2. The summed E-state index contributed by atoms with van der Waals surface area (Å²) in [6.45, 7) is 1.14. The van der Waals surface area contributed by atoms with Crippen molar-refractivity contribution in [2.24, 2.45) is 5.73 Å². The Kier molecular flexibility index (Phi) is 3.64. The lowest BCUT2D eigenvalue weighted by atomic mass is 10.1. The molecule has 1 fully saturated rings. The fourth-order valence-corrected chi connectivity index (χ4v) is 2.41. The average Bonchev–Trinajstić information content (AvgIpc) is 2.76. The molecule has 17 heavy (non-hydrogen) atoms. The van der Waals surface area contributed by atoms with Crippen molar-refractivity contribution >= 4 is 17.5 Å². The smallest absolute Gasteiger partial charge is 0.255 e. The summed E-state index contributed by atoms with van der Waals surface area (Å²) in [7, 11) is 0. The number of carbonyl (C=O) groups excluding carboxylic acids is 1. The molecule has 2 N–H and O–H groups in total. The number of nitrogens with two attached hydrogens (primary N) is 1. The molecule has 1 amide bonds. The van der Waals surface area contributed by atoms with Gasteiger partial charge in [-0.15, -0.1) is 0 Å². The molecule has 1 saturated heterocycles. The predicted octanol–water partition coefficient (Wildman–Crippen LogP) is 2.04. The van der Waals surface area contributed by atoms with E-state index in [1.54, 1.807) is 4.90 Å². The SMILES string of the molecule is NCC1CCCN1C(=O)c1ccc(F)cc1Cl. The highest BCUT2D eigenvalue weighted by atomic mass is 35.5. The van der Waals surface area contributed by atoms with Gasteiger partial charge in [0.1, 0.15) is 5.82 Å². The van der Waals surface area contributed by atoms with Gasteiger partial charge in [0.05, 0.1) is 10.6 Å². The molecule has 1 atom stereocenters. The minimum atomic E-state index is -0.441. The van der Waals surface area contributed by atoms with Crippen LogP contribution in [0.5, 0.6) is 0 Å². The lowest BCUT2D eigenvalue weighted by molar-refractivity contribution is 0.0741. The Bertz CT molecular complexity index is 439. The number of carbonyl (C=O) groups is 1. The lowest BCUT2D eigenvalue weighted by Crippen LogP contribution is -2.40. The topological polar surface area (TPSA) is 46.3 Å². The zero-order chi connectivity index (χ0) is 12.4. The zero-order valence-corrected chi connectivity index (χ0v) is 10.1. The molecule has 1 unspecified atom stereocenters. The first-order valence-corrected chi connectivity index (χ1v) is 5.97. The first-order chi connectivity index (χ1) is 8.13. The normalized spacial score (nSPS) is 19.7. The number of hydrogen-bond donors (Lipinski definition) is 1. The molecule has 92 valence electrons. The first kappa shape index (κ1) is 12.3. The van der Waals surface area contributed by atoms with Crippen molar-refractivity contribution in [3.63, 3.8) is 0 Å². The van der Waals surface area contributed by atoms with E-state index in [2.05, 4.69) is 0 Å². The van der Waals surface area contributed by atoms with Gasteiger partial charge in [0, 0.05) is 19.1 Å². The molecular weight excluding hydrogens is 243 g/mol. The molecule has 1 heterocycles. The predicted molar refractivity (Wildman–Crippen MR) is 64.5 cm³/mol. The minimum Gasteiger partial charge on any atom is -0.334 e. The molecule has 0 radical (unpaired) electrons. The Morgan fingerprint density at radius 1 is 1.59 bits per heavy atom. The number of benzene rings is 1. The highest BCUT2D eigenvalue weighted by Crippen LogP contribution is 2.24. The molecule has 5 heteroatoms. The molecule has 1 aromatic rings. The average molecular weight is 257 g/mol. The molecule has 0 spiro atoms. The zero-order valence-electron chi connectivity index (χ0n) is 9.33. The van der Waals surface area contributed by atoms with E-state index < -0.39 is 5.82 Å². The van der Waals surface area contributed by atoms with E-state index in [0.29, 0.717) is 18.7 Å². The second-order valence-electron chi connectivity index (χ2n) is 4.15. The van der Waals surface area contributed by atoms with Crippen LogP contribution < -0.4 is 5.73 Å². The number of rotatable bonds is 2. The van der Waals surface area contributed by atoms with Crippen LogP contribution in [-0.4, -0.2) is 29.9 Å². The fraction of sp³-hybridized carbons (Fsp3) is 0.417. The molecule has 1 aliphatic rings. The second kappa shape index (κ2) is 5.02. The summed E-state index contributed by atoms with van der Waals surface area (Å²) in [5.74, 6) is -0.605.